The van der Waals surface area contributed by atoms with Gasteiger partial charge in [0.25, 0.3) is 0 Å². The lowest BCUT2D eigenvalue weighted by Crippen LogP contribution is -2.54. The van der Waals surface area contributed by atoms with Crippen LogP contribution in [0.3, 0.4) is 0 Å². The molecule has 0 saturated carbocycles. The van der Waals surface area contributed by atoms with Crippen LogP contribution in [0.5, 0.6) is 5.75 Å². The average molecular weight is 380 g/mol. The molecule has 2 aliphatic rings. The van der Waals surface area contributed by atoms with Crippen LogP contribution in [0.2, 0.25) is 0 Å². The zero-order valence-electron chi connectivity index (χ0n) is 15.8. The molecule has 28 heavy (non-hydrogen) atoms. The second kappa shape index (κ2) is 7.59. The summed E-state index contributed by atoms with van der Waals surface area (Å²) < 4.78 is 5.22. The van der Waals surface area contributed by atoms with Crippen LogP contribution in [-0.2, 0) is 16.1 Å². The fraction of sp³-hybridized carbons (Fsp3) is 0.381. The molecule has 0 spiro atoms. The number of methoxy groups -OCH3 is 1. The summed E-state index contributed by atoms with van der Waals surface area (Å²) in [7, 11) is 1.61. The van der Waals surface area contributed by atoms with E-state index < -0.39 is 0 Å². The molecule has 7 nitrogen and oxygen atoms in total. The predicted octanol–water partition coefficient (Wildman–Crippen LogP) is 1.35. The zero-order chi connectivity index (χ0) is 19.7. The fourth-order valence-electron chi connectivity index (χ4n) is 4.45. The number of hydrogen-bond donors (Lipinski definition) is 1. The number of ether oxygens (including phenoxy) is 1. The Morgan fingerprint density at radius 3 is 2.71 bits per heavy atom. The van der Waals surface area contributed by atoms with Gasteiger partial charge < -0.3 is 15.4 Å². The smallest absolute Gasteiger partial charge is 0.237 e. The molecular formula is C21H24N4O3. The second-order valence-corrected chi connectivity index (χ2v) is 7.45. The second-order valence-electron chi connectivity index (χ2n) is 7.45. The fourth-order valence-corrected chi connectivity index (χ4v) is 4.45. The number of aromatic nitrogens is 1. The number of nitrogens with two attached hydrogens (primary N) is 1. The first kappa shape index (κ1) is 18.4. The van der Waals surface area contributed by atoms with E-state index in [1.54, 1.807) is 13.3 Å². The van der Waals surface area contributed by atoms with Gasteiger partial charge in [0.2, 0.25) is 11.8 Å². The Hall–Kier alpha value is -2.93. The summed E-state index contributed by atoms with van der Waals surface area (Å²) in [4.78, 5) is 33.3. The topological polar surface area (TPSA) is 88.8 Å². The molecule has 0 unspecified atom stereocenters. The third-order valence-corrected chi connectivity index (χ3v) is 5.67. The van der Waals surface area contributed by atoms with Crippen molar-refractivity contribution in [3.8, 4) is 5.75 Å². The summed E-state index contributed by atoms with van der Waals surface area (Å²) in [6, 6.07) is 11.1. The summed E-state index contributed by atoms with van der Waals surface area (Å²) in [5.74, 6) is 0.0220. The van der Waals surface area contributed by atoms with Gasteiger partial charge >= 0.3 is 0 Å². The number of rotatable bonds is 5. The number of carbonyl (C=O) groups is 2. The Kier molecular flexibility index (Phi) is 5.00. The minimum Gasteiger partial charge on any atom is -0.497 e. The minimum absolute atomic E-state index is 0.0254. The Bertz CT molecular complexity index is 856. The number of amides is 2. The largest absolute Gasteiger partial charge is 0.497 e. The molecule has 2 aromatic rings. The third kappa shape index (κ3) is 3.45. The van der Waals surface area contributed by atoms with Crippen molar-refractivity contribution in [2.24, 2.45) is 11.7 Å². The van der Waals surface area contributed by atoms with E-state index in [2.05, 4.69) is 9.88 Å². The van der Waals surface area contributed by atoms with E-state index in [9.17, 15) is 9.59 Å². The van der Waals surface area contributed by atoms with E-state index in [0.29, 0.717) is 19.5 Å². The highest BCUT2D eigenvalue weighted by atomic mass is 16.5. The summed E-state index contributed by atoms with van der Waals surface area (Å²) >= 11 is 0. The van der Waals surface area contributed by atoms with E-state index in [-0.39, 0.29) is 29.8 Å². The lowest BCUT2D eigenvalue weighted by atomic mass is 9.92. The number of pyridine rings is 1. The summed E-state index contributed by atoms with van der Waals surface area (Å²) in [5.41, 5.74) is 7.70. The van der Waals surface area contributed by atoms with Crippen molar-refractivity contribution in [3.63, 3.8) is 0 Å². The van der Waals surface area contributed by atoms with Gasteiger partial charge in [-0.3, -0.25) is 19.5 Å². The van der Waals surface area contributed by atoms with E-state index in [1.807, 2.05) is 47.5 Å². The van der Waals surface area contributed by atoms with Crippen LogP contribution in [0.25, 0.3) is 0 Å². The molecular weight excluding hydrogens is 356 g/mol. The monoisotopic (exact) mass is 380 g/mol. The van der Waals surface area contributed by atoms with Gasteiger partial charge in [0, 0.05) is 31.5 Å². The highest BCUT2D eigenvalue weighted by Crippen LogP contribution is 2.43. The normalized spacial score (nSPS) is 24.8. The first-order valence-electron chi connectivity index (χ1n) is 9.42. The summed E-state index contributed by atoms with van der Waals surface area (Å²) in [6.45, 7) is 1.71. The molecule has 3 atom stereocenters. The minimum atomic E-state index is -0.388. The van der Waals surface area contributed by atoms with Gasteiger partial charge in [-0.25, -0.2) is 0 Å². The van der Waals surface area contributed by atoms with Crippen molar-refractivity contribution in [2.45, 2.75) is 25.0 Å². The van der Waals surface area contributed by atoms with Gasteiger partial charge in [-0.2, -0.15) is 0 Å². The first-order valence-corrected chi connectivity index (χ1v) is 9.42. The van der Waals surface area contributed by atoms with Crippen molar-refractivity contribution in [2.75, 3.05) is 20.2 Å². The van der Waals surface area contributed by atoms with Crippen LogP contribution < -0.4 is 10.5 Å². The molecule has 1 aromatic carbocycles. The zero-order valence-corrected chi connectivity index (χ0v) is 15.8. The van der Waals surface area contributed by atoms with Crippen LogP contribution in [0.15, 0.2) is 48.8 Å². The number of benzene rings is 1. The first-order chi connectivity index (χ1) is 13.6. The molecule has 3 heterocycles. The van der Waals surface area contributed by atoms with E-state index >= 15 is 0 Å². The number of piperazine rings is 1. The quantitative estimate of drug-likeness (QED) is 0.846. The highest BCUT2D eigenvalue weighted by molar-refractivity contribution is 5.84. The van der Waals surface area contributed by atoms with Crippen LogP contribution in [-0.4, -0.2) is 52.8 Å². The molecule has 0 radical (unpaired) electrons. The number of carbonyl (C=O) groups excluding carboxylic acids is 2. The van der Waals surface area contributed by atoms with Crippen LogP contribution in [0.1, 0.15) is 23.6 Å². The lowest BCUT2D eigenvalue weighted by molar-refractivity contribution is -0.141. The van der Waals surface area contributed by atoms with Crippen molar-refractivity contribution in [1.29, 1.82) is 0 Å². The molecule has 0 aliphatic carbocycles. The maximum atomic E-state index is 13.0. The van der Waals surface area contributed by atoms with Gasteiger partial charge in [-0.15, -0.1) is 0 Å². The average Bonchev–Trinajstić information content (AvgIpc) is 3.09. The van der Waals surface area contributed by atoms with Gasteiger partial charge in [0.05, 0.1) is 25.6 Å². The molecule has 2 fully saturated rings. The van der Waals surface area contributed by atoms with Crippen LogP contribution in [0.4, 0.5) is 0 Å². The maximum absolute atomic E-state index is 13.0. The standard InChI is InChI=1S/C21H24N4O3/c1-28-17-6-4-15(5-7-17)20-18(21(22)27)9-16-12-24(13-19(26)25(16)20)11-14-3-2-8-23-10-14/h2-8,10,16,18,20H,9,11-13H2,1H3,(H2,22,27)/t16-,18-,20-/m1/s1. The summed E-state index contributed by atoms with van der Waals surface area (Å²) in [5, 5.41) is 0. The number of hydrogen-bond acceptors (Lipinski definition) is 5. The molecule has 2 saturated heterocycles. The van der Waals surface area contributed by atoms with Gasteiger partial charge in [-0.05, 0) is 35.7 Å². The molecule has 7 heteroatoms. The predicted molar refractivity (Wildman–Crippen MR) is 103 cm³/mol. The summed E-state index contributed by atoms with van der Waals surface area (Å²) in [6.07, 6.45) is 4.14. The number of fused-ring (bicyclic) bond motifs is 1. The molecule has 0 bridgehead atoms. The number of nitrogens with zero attached hydrogens (tertiary/aromatic N) is 3. The van der Waals surface area contributed by atoms with E-state index in [1.165, 1.54) is 0 Å². The molecule has 1 aromatic heterocycles. The third-order valence-electron chi connectivity index (χ3n) is 5.67. The Balaban J connectivity index is 1.57. The highest BCUT2D eigenvalue weighted by Gasteiger charge is 2.49. The Labute approximate surface area is 164 Å². The van der Waals surface area contributed by atoms with Crippen molar-refractivity contribution < 1.29 is 14.3 Å². The van der Waals surface area contributed by atoms with Gasteiger partial charge in [-0.1, -0.05) is 18.2 Å². The van der Waals surface area contributed by atoms with Gasteiger partial charge in [0.1, 0.15) is 5.75 Å². The molecule has 2 N–H and O–H groups in total. The van der Waals surface area contributed by atoms with Crippen molar-refractivity contribution in [3.05, 3.63) is 59.9 Å². The van der Waals surface area contributed by atoms with E-state index in [4.69, 9.17) is 10.5 Å². The van der Waals surface area contributed by atoms with Crippen LogP contribution >= 0.6 is 0 Å². The van der Waals surface area contributed by atoms with Gasteiger partial charge in [0.15, 0.2) is 0 Å². The van der Waals surface area contributed by atoms with E-state index in [0.717, 1.165) is 23.4 Å². The Morgan fingerprint density at radius 1 is 1.29 bits per heavy atom. The lowest BCUT2D eigenvalue weighted by Gasteiger charge is -2.40. The molecule has 146 valence electrons. The molecule has 2 amide bonds. The van der Waals surface area contributed by atoms with Crippen molar-refractivity contribution >= 4 is 11.8 Å². The Morgan fingerprint density at radius 2 is 2.07 bits per heavy atom. The molecule has 2 aliphatic heterocycles. The maximum Gasteiger partial charge on any atom is 0.237 e. The SMILES string of the molecule is COc1ccc([C@@H]2[C@H](C(N)=O)C[C@@H]3CN(Cc4cccnc4)CC(=O)N32)cc1. The van der Waals surface area contributed by atoms with Crippen molar-refractivity contribution in [1.82, 2.24) is 14.8 Å². The van der Waals surface area contributed by atoms with Crippen LogP contribution in [0, 0.1) is 5.92 Å². The number of primary amides is 1. The molecule has 4 rings (SSSR count).